The molecule has 3 aromatic rings. The van der Waals surface area contributed by atoms with E-state index in [1.165, 1.54) is 29.0 Å². The van der Waals surface area contributed by atoms with Gasteiger partial charge in [0.1, 0.15) is 0 Å². The minimum absolute atomic E-state index is 0.000363. The number of benzene rings is 2. The smallest absolute Gasteiger partial charge is 0.280 e. The van der Waals surface area contributed by atoms with E-state index in [2.05, 4.69) is 31.0 Å². The molecule has 0 N–H and O–H groups in total. The Labute approximate surface area is 156 Å². The van der Waals surface area contributed by atoms with Crippen molar-refractivity contribution >= 4 is 37.3 Å². The Bertz CT molecular complexity index is 1170. The third-order valence-electron chi connectivity index (χ3n) is 4.21. The number of aromatic nitrogens is 1. The number of fused-ring (bicyclic) bond motifs is 1. The fourth-order valence-corrected chi connectivity index (χ4v) is 4.68. The number of carbonyl (C=O) groups is 1. The zero-order chi connectivity index (χ0) is 19.1. The first-order chi connectivity index (χ1) is 12.2. The second-order valence-electron chi connectivity index (χ2n) is 6.51. The van der Waals surface area contributed by atoms with E-state index < -0.39 is 15.7 Å². The first-order valence-electron chi connectivity index (χ1n) is 8.16. The molecule has 0 aliphatic carbocycles. The zero-order valence-electron chi connectivity index (χ0n) is 15.1. The monoisotopic (exact) mass is 388 g/mol. The van der Waals surface area contributed by atoms with Gasteiger partial charge in [-0.3, -0.25) is 4.79 Å². The van der Waals surface area contributed by atoms with Gasteiger partial charge in [-0.1, -0.05) is 43.4 Å². The molecule has 0 aliphatic heterocycles. The molecule has 0 unspecified atom stereocenters. The Morgan fingerprint density at radius 3 is 2.50 bits per heavy atom. The van der Waals surface area contributed by atoms with E-state index in [0.29, 0.717) is 10.7 Å². The number of thiazole rings is 1. The number of aryl methyl sites for hydroxylation is 1. The summed E-state index contributed by atoms with van der Waals surface area (Å²) in [5, 5.41) is 0. The lowest BCUT2D eigenvalue weighted by Crippen LogP contribution is -2.15. The van der Waals surface area contributed by atoms with Crippen molar-refractivity contribution in [3.8, 4) is 0 Å². The molecule has 1 heterocycles. The van der Waals surface area contributed by atoms with Crippen LogP contribution in [-0.2, 0) is 16.9 Å². The van der Waals surface area contributed by atoms with Crippen LogP contribution in [0.1, 0.15) is 35.7 Å². The Hall–Kier alpha value is -2.25. The van der Waals surface area contributed by atoms with Gasteiger partial charge in [-0.25, -0.2) is 8.42 Å². The number of carbonyl (C=O) groups excluding carboxylic acids is 1. The molecule has 0 saturated carbocycles. The second-order valence-corrected chi connectivity index (χ2v) is 9.50. The fraction of sp³-hybridized carbons (Fsp3) is 0.263. The molecular formula is C19H20N2O3S2. The summed E-state index contributed by atoms with van der Waals surface area (Å²) in [5.41, 5.74) is 2.30. The molecule has 3 rings (SSSR count). The molecule has 5 nitrogen and oxygen atoms in total. The lowest BCUT2D eigenvalue weighted by atomic mass is 10.0. The maximum atomic E-state index is 12.6. The zero-order valence-corrected chi connectivity index (χ0v) is 16.7. The third-order valence-corrected chi connectivity index (χ3v) is 6.46. The van der Waals surface area contributed by atoms with Gasteiger partial charge >= 0.3 is 0 Å². The minimum Gasteiger partial charge on any atom is -0.319 e. The van der Waals surface area contributed by atoms with Gasteiger partial charge in [0.05, 0.1) is 20.7 Å². The standard InChI is InChI=1S/C19H20N2O3S2/c1-12(2)13-9-10-15-16(11-13)25-19(21(15)3)20-18(22)14-7-5-6-8-17(14)26(4,23)24/h5-12H,1-4H3. The molecular weight excluding hydrogens is 368 g/mol. The first kappa shape index (κ1) is 18.5. The molecule has 0 aliphatic rings. The predicted octanol–water partition coefficient (Wildman–Crippen LogP) is 3.51. The van der Waals surface area contributed by atoms with Crippen LogP contribution in [0.3, 0.4) is 0 Å². The van der Waals surface area contributed by atoms with Gasteiger partial charge in [-0.2, -0.15) is 4.99 Å². The lowest BCUT2D eigenvalue weighted by molar-refractivity contribution is 0.0995. The van der Waals surface area contributed by atoms with Gasteiger partial charge in [0.2, 0.25) is 0 Å². The van der Waals surface area contributed by atoms with Crippen molar-refractivity contribution in [1.29, 1.82) is 0 Å². The highest BCUT2D eigenvalue weighted by molar-refractivity contribution is 7.90. The molecule has 0 fully saturated rings. The van der Waals surface area contributed by atoms with Crippen molar-refractivity contribution in [1.82, 2.24) is 4.57 Å². The van der Waals surface area contributed by atoms with Crippen molar-refractivity contribution in [3.05, 3.63) is 58.4 Å². The molecule has 0 bridgehead atoms. The van der Waals surface area contributed by atoms with E-state index in [9.17, 15) is 13.2 Å². The van der Waals surface area contributed by atoms with Gasteiger partial charge in [0.15, 0.2) is 14.6 Å². The molecule has 2 aromatic carbocycles. The van der Waals surface area contributed by atoms with Crippen LogP contribution in [0.25, 0.3) is 10.2 Å². The molecule has 0 saturated heterocycles. The number of amides is 1. The van der Waals surface area contributed by atoms with Crippen LogP contribution >= 0.6 is 11.3 Å². The summed E-state index contributed by atoms with van der Waals surface area (Å²) in [6, 6.07) is 12.4. The number of rotatable bonds is 3. The molecule has 1 amide bonds. The minimum atomic E-state index is -3.50. The Balaban J connectivity index is 2.14. The maximum absolute atomic E-state index is 12.6. The van der Waals surface area contributed by atoms with E-state index in [-0.39, 0.29) is 10.5 Å². The van der Waals surface area contributed by atoms with Crippen LogP contribution < -0.4 is 4.80 Å². The average molecular weight is 389 g/mol. The molecule has 26 heavy (non-hydrogen) atoms. The summed E-state index contributed by atoms with van der Waals surface area (Å²) in [7, 11) is -1.66. The largest absolute Gasteiger partial charge is 0.319 e. The molecule has 7 heteroatoms. The van der Waals surface area contributed by atoms with Gasteiger partial charge in [-0.15, -0.1) is 0 Å². The Morgan fingerprint density at radius 2 is 1.85 bits per heavy atom. The van der Waals surface area contributed by atoms with Crippen molar-refractivity contribution < 1.29 is 13.2 Å². The van der Waals surface area contributed by atoms with Crippen molar-refractivity contribution in [2.24, 2.45) is 12.0 Å². The number of hydrogen-bond donors (Lipinski definition) is 0. The Morgan fingerprint density at radius 1 is 1.15 bits per heavy atom. The highest BCUT2D eigenvalue weighted by atomic mass is 32.2. The number of hydrogen-bond acceptors (Lipinski definition) is 4. The fourth-order valence-electron chi connectivity index (χ4n) is 2.73. The van der Waals surface area contributed by atoms with Crippen LogP contribution in [0.15, 0.2) is 52.4 Å². The van der Waals surface area contributed by atoms with E-state index in [1.807, 2.05) is 17.7 Å². The number of sulfone groups is 1. The van der Waals surface area contributed by atoms with Gasteiger partial charge < -0.3 is 4.57 Å². The lowest BCUT2D eigenvalue weighted by Gasteiger charge is -2.04. The molecule has 0 atom stereocenters. The summed E-state index contributed by atoms with van der Waals surface area (Å²) in [5.74, 6) is -0.146. The summed E-state index contributed by atoms with van der Waals surface area (Å²) < 4.78 is 26.7. The van der Waals surface area contributed by atoms with Crippen LogP contribution in [0.5, 0.6) is 0 Å². The Kier molecular flexibility index (Phi) is 4.86. The van der Waals surface area contributed by atoms with Crippen molar-refractivity contribution in [3.63, 3.8) is 0 Å². The van der Waals surface area contributed by atoms with E-state index in [4.69, 9.17) is 0 Å². The molecule has 136 valence electrons. The summed E-state index contributed by atoms with van der Waals surface area (Å²) in [4.78, 5) is 17.4. The van der Waals surface area contributed by atoms with Crippen LogP contribution in [0, 0.1) is 0 Å². The quantitative estimate of drug-likeness (QED) is 0.689. The van der Waals surface area contributed by atoms with Gasteiger partial charge in [0, 0.05) is 13.3 Å². The van der Waals surface area contributed by atoms with Gasteiger partial charge in [0.25, 0.3) is 5.91 Å². The van der Waals surface area contributed by atoms with Crippen LogP contribution in [-0.4, -0.2) is 25.1 Å². The van der Waals surface area contributed by atoms with E-state index in [0.717, 1.165) is 16.5 Å². The van der Waals surface area contributed by atoms with Crippen molar-refractivity contribution in [2.75, 3.05) is 6.26 Å². The normalized spacial score (nSPS) is 12.9. The SMILES string of the molecule is CC(C)c1ccc2c(c1)sc(=NC(=O)c1ccccc1S(C)(=O)=O)n2C. The number of nitrogens with zero attached hydrogens (tertiary/aromatic N) is 2. The molecule has 1 aromatic heterocycles. The summed E-state index contributed by atoms with van der Waals surface area (Å²) in [6.07, 6.45) is 1.09. The summed E-state index contributed by atoms with van der Waals surface area (Å²) in [6.45, 7) is 4.26. The maximum Gasteiger partial charge on any atom is 0.280 e. The topological polar surface area (TPSA) is 68.5 Å². The first-order valence-corrected chi connectivity index (χ1v) is 10.9. The predicted molar refractivity (Wildman–Crippen MR) is 104 cm³/mol. The van der Waals surface area contributed by atoms with E-state index >= 15 is 0 Å². The van der Waals surface area contributed by atoms with E-state index in [1.54, 1.807) is 12.1 Å². The average Bonchev–Trinajstić information content (AvgIpc) is 2.89. The van der Waals surface area contributed by atoms with Crippen LogP contribution in [0.4, 0.5) is 0 Å². The molecule has 0 radical (unpaired) electrons. The highest BCUT2D eigenvalue weighted by Crippen LogP contribution is 2.23. The molecule has 0 spiro atoms. The third kappa shape index (κ3) is 3.50. The second kappa shape index (κ2) is 6.81. The highest BCUT2D eigenvalue weighted by Gasteiger charge is 2.18. The van der Waals surface area contributed by atoms with Crippen molar-refractivity contribution in [2.45, 2.75) is 24.7 Å². The van der Waals surface area contributed by atoms with Gasteiger partial charge in [-0.05, 0) is 35.7 Å². The van der Waals surface area contributed by atoms with Crippen LogP contribution in [0.2, 0.25) is 0 Å². The summed E-state index contributed by atoms with van der Waals surface area (Å²) >= 11 is 1.42.